The number of imidazole rings is 1. The molecule has 0 saturated heterocycles. The Bertz CT molecular complexity index is 1570. The summed E-state index contributed by atoms with van der Waals surface area (Å²) in [6, 6.07) is 6.53. The number of amides is 2. The lowest BCUT2D eigenvalue weighted by molar-refractivity contribution is 0.0912. The molecule has 12 heteroatoms. The van der Waals surface area contributed by atoms with E-state index >= 15 is 4.39 Å². The van der Waals surface area contributed by atoms with Crippen molar-refractivity contribution in [3.63, 3.8) is 0 Å². The molecule has 0 spiro atoms. The summed E-state index contributed by atoms with van der Waals surface area (Å²) in [4.78, 5) is 37.1. The number of halogens is 1. The average molecular weight is 520 g/mol. The monoisotopic (exact) mass is 519 g/mol. The molecule has 1 aromatic carbocycles. The molecule has 5 rings (SSSR count). The first-order chi connectivity index (χ1) is 18.1. The highest BCUT2D eigenvalue weighted by Gasteiger charge is 2.24. The summed E-state index contributed by atoms with van der Waals surface area (Å²) < 4.78 is 20.5. The van der Waals surface area contributed by atoms with Gasteiger partial charge in [0.2, 0.25) is 5.89 Å². The first-order valence-electron chi connectivity index (χ1n) is 12.0. The van der Waals surface area contributed by atoms with Crippen LogP contribution in [-0.4, -0.2) is 60.2 Å². The molecule has 0 fully saturated rings. The molecule has 2 amide bonds. The molecule has 0 radical (unpaired) electrons. The summed E-state index contributed by atoms with van der Waals surface area (Å²) in [5, 5.41) is 19.4. The van der Waals surface area contributed by atoms with Crippen LogP contribution in [-0.2, 0) is 12.0 Å². The van der Waals surface area contributed by atoms with Crippen LogP contribution in [0.2, 0.25) is 0 Å². The first kappa shape index (κ1) is 25.1. The molecular formula is C26H26FN7O4. The van der Waals surface area contributed by atoms with Gasteiger partial charge in [-0.25, -0.2) is 19.2 Å². The van der Waals surface area contributed by atoms with E-state index in [0.717, 1.165) is 5.57 Å². The Kier molecular flexibility index (Phi) is 6.39. The Morgan fingerprint density at radius 1 is 1.24 bits per heavy atom. The number of H-pyrrole nitrogens is 1. The Hall–Kier alpha value is -4.61. The normalized spacial score (nSPS) is 14.0. The van der Waals surface area contributed by atoms with E-state index in [0.29, 0.717) is 52.5 Å². The number of hydrogen-bond acceptors (Lipinski definition) is 7. The number of pyridine rings is 1. The van der Waals surface area contributed by atoms with Gasteiger partial charge in [0.1, 0.15) is 11.6 Å². The molecule has 38 heavy (non-hydrogen) atoms. The molecule has 11 nitrogen and oxygen atoms in total. The smallest absolute Gasteiger partial charge is 0.407 e. The van der Waals surface area contributed by atoms with Crippen LogP contribution in [0.15, 0.2) is 41.0 Å². The number of carbonyl (C=O) groups excluding carboxylic acids is 1. The van der Waals surface area contributed by atoms with Crippen molar-refractivity contribution in [1.29, 1.82) is 0 Å². The zero-order valence-electron chi connectivity index (χ0n) is 21.1. The van der Waals surface area contributed by atoms with Crippen molar-refractivity contribution >= 4 is 28.7 Å². The van der Waals surface area contributed by atoms with E-state index in [1.165, 1.54) is 11.0 Å². The number of nitrogens with one attached hydrogen (secondary N) is 2. The quantitative estimate of drug-likeness (QED) is 0.356. The fourth-order valence-corrected chi connectivity index (χ4v) is 4.09. The van der Waals surface area contributed by atoms with Crippen LogP contribution in [0.1, 0.15) is 55.2 Å². The van der Waals surface area contributed by atoms with Gasteiger partial charge in [0, 0.05) is 42.4 Å². The van der Waals surface area contributed by atoms with E-state index in [9.17, 15) is 9.59 Å². The number of fused-ring (bicyclic) bond motifs is 1. The van der Waals surface area contributed by atoms with Gasteiger partial charge >= 0.3 is 17.9 Å². The summed E-state index contributed by atoms with van der Waals surface area (Å²) >= 11 is 0. The highest BCUT2D eigenvalue weighted by atomic mass is 19.1. The molecule has 0 aliphatic carbocycles. The highest BCUT2D eigenvalue weighted by molar-refractivity contribution is 5.91. The number of carboxylic acid groups (broad SMARTS) is 1. The predicted molar refractivity (Wildman–Crippen MR) is 136 cm³/mol. The Balaban J connectivity index is 1.33. The van der Waals surface area contributed by atoms with Crippen molar-refractivity contribution in [2.45, 2.75) is 39.2 Å². The SMILES string of the molecule is CC(C)(C)c1nnc(C(=O)NCc2ccc(-c3ccnc4nc(C5=CCN(C(=O)O)CC5)[nH]c34)cc2F)o1. The minimum Gasteiger partial charge on any atom is -0.465 e. The fourth-order valence-electron chi connectivity index (χ4n) is 4.09. The molecule has 0 saturated carbocycles. The van der Waals surface area contributed by atoms with Crippen LogP contribution in [0.4, 0.5) is 9.18 Å². The van der Waals surface area contributed by atoms with E-state index in [-0.39, 0.29) is 19.0 Å². The molecule has 1 aliphatic rings. The van der Waals surface area contributed by atoms with Crippen LogP contribution in [0, 0.1) is 5.82 Å². The lowest BCUT2D eigenvalue weighted by atomic mass is 9.97. The van der Waals surface area contributed by atoms with Gasteiger partial charge in [-0.1, -0.05) is 39.0 Å². The molecule has 0 unspecified atom stereocenters. The van der Waals surface area contributed by atoms with Gasteiger partial charge in [-0.15, -0.1) is 10.2 Å². The third-order valence-corrected chi connectivity index (χ3v) is 6.24. The molecular weight excluding hydrogens is 493 g/mol. The van der Waals surface area contributed by atoms with E-state index in [1.807, 2.05) is 26.8 Å². The Labute approximate surface area is 216 Å². The van der Waals surface area contributed by atoms with Gasteiger partial charge in [0.05, 0.1) is 5.52 Å². The topological polar surface area (TPSA) is 150 Å². The molecule has 4 aromatic rings. The molecule has 4 heterocycles. The van der Waals surface area contributed by atoms with Crippen molar-refractivity contribution in [3.8, 4) is 11.1 Å². The maximum Gasteiger partial charge on any atom is 0.407 e. The van der Waals surface area contributed by atoms with Crippen LogP contribution in [0.3, 0.4) is 0 Å². The minimum atomic E-state index is -0.955. The van der Waals surface area contributed by atoms with Crippen LogP contribution >= 0.6 is 0 Å². The third-order valence-electron chi connectivity index (χ3n) is 6.24. The standard InChI is InChI=1S/C26H26FN7O4/c1-26(2,3)24-33-32-23(38-24)22(35)29-13-16-5-4-15(12-18(16)27)17-6-9-28-21-19(17)30-20(31-21)14-7-10-34(11-8-14)25(36)37/h4-7,9,12H,8,10-11,13H2,1-3H3,(H,29,35)(H,36,37)(H,28,30,31). The van der Waals surface area contributed by atoms with Crippen molar-refractivity contribution in [2.75, 3.05) is 13.1 Å². The van der Waals surface area contributed by atoms with E-state index < -0.39 is 23.2 Å². The Morgan fingerprint density at radius 3 is 2.71 bits per heavy atom. The van der Waals surface area contributed by atoms with Crippen LogP contribution in [0.25, 0.3) is 27.9 Å². The van der Waals surface area contributed by atoms with Gasteiger partial charge in [-0.2, -0.15) is 0 Å². The predicted octanol–water partition coefficient (Wildman–Crippen LogP) is 4.14. The second-order valence-electron chi connectivity index (χ2n) is 10.0. The van der Waals surface area contributed by atoms with E-state index in [1.54, 1.807) is 24.4 Å². The van der Waals surface area contributed by atoms with E-state index in [2.05, 4.69) is 30.5 Å². The summed E-state index contributed by atoms with van der Waals surface area (Å²) in [6.07, 6.45) is 3.00. The van der Waals surface area contributed by atoms with Crippen molar-refractivity contribution in [1.82, 2.24) is 35.4 Å². The highest BCUT2D eigenvalue weighted by Crippen LogP contribution is 2.30. The number of aromatic nitrogens is 5. The summed E-state index contributed by atoms with van der Waals surface area (Å²) in [5.74, 6) is -0.297. The number of aromatic amines is 1. The molecule has 0 bridgehead atoms. The zero-order chi connectivity index (χ0) is 27.0. The summed E-state index contributed by atoms with van der Waals surface area (Å²) in [6.45, 7) is 6.28. The number of nitrogens with zero attached hydrogens (tertiary/aromatic N) is 5. The number of carbonyl (C=O) groups is 2. The zero-order valence-corrected chi connectivity index (χ0v) is 21.1. The number of rotatable bonds is 5. The average Bonchev–Trinajstić information content (AvgIpc) is 3.56. The number of benzene rings is 1. The second kappa shape index (κ2) is 9.69. The van der Waals surface area contributed by atoms with Crippen LogP contribution < -0.4 is 5.32 Å². The van der Waals surface area contributed by atoms with Crippen LogP contribution in [0.5, 0.6) is 0 Å². The lowest BCUT2D eigenvalue weighted by Crippen LogP contribution is -2.33. The fraction of sp³-hybridized carbons (Fsp3) is 0.308. The molecule has 0 atom stereocenters. The molecule has 1 aliphatic heterocycles. The largest absolute Gasteiger partial charge is 0.465 e. The molecule has 3 N–H and O–H groups in total. The van der Waals surface area contributed by atoms with Gasteiger partial charge in [0.15, 0.2) is 5.65 Å². The lowest BCUT2D eigenvalue weighted by Gasteiger charge is -2.22. The minimum absolute atomic E-state index is 0.0559. The van der Waals surface area contributed by atoms with Gasteiger partial charge in [-0.05, 0) is 29.7 Å². The molecule has 196 valence electrons. The maximum atomic E-state index is 15.0. The van der Waals surface area contributed by atoms with Crippen molar-refractivity contribution in [2.24, 2.45) is 0 Å². The van der Waals surface area contributed by atoms with Crippen molar-refractivity contribution in [3.05, 3.63) is 65.5 Å². The number of hydrogen-bond donors (Lipinski definition) is 3. The second-order valence-corrected chi connectivity index (χ2v) is 10.0. The van der Waals surface area contributed by atoms with Gasteiger partial charge < -0.3 is 24.7 Å². The maximum absolute atomic E-state index is 15.0. The summed E-state index contributed by atoms with van der Waals surface area (Å²) in [7, 11) is 0. The third kappa shape index (κ3) is 4.97. The van der Waals surface area contributed by atoms with Gasteiger partial charge in [-0.3, -0.25) is 4.79 Å². The van der Waals surface area contributed by atoms with Gasteiger partial charge in [0.25, 0.3) is 0 Å². The first-order valence-corrected chi connectivity index (χ1v) is 12.0. The van der Waals surface area contributed by atoms with E-state index in [4.69, 9.17) is 9.52 Å². The Morgan fingerprint density at radius 2 is 2.05 bits per heavy atom. The summed E-state index contributed by atoms with van der Waals surface area (Å²) in [5.41, 5.74) is 3.26. The van der Waals surface area contributed by atoms with Crippen molar-refractivity contribution < 1.29 is 23.5 Å². The molecule has 3 aromatic heterocycles.